The maximum Gasteiger partial charge on any atom is 0.416 e. The highest BCUT2D eigenvalue weighted by atomic mass is 19.4. The molecule has 1 aliphatic carbocycles. The normalized spacial score (nSPS) is 25.7. The summed E-state index contributed by atoms with van der Waals surface area (Å²) < 4.78 is 48.8. The zero-order valence-electron chi connectivity index (χ0n) is 14.6. The van der Waals surface area contributed by atoms with Crippen molar-refractivity contribution in [1.29, 1.82) is 0 Å². The smallest absolute Gasteiger partial charge is 0.416 e. The fourth-order valence-electron chi connectivity index (χ4n) is 3.51. The van der Waals surface area contributed by atoms with Gasteiger partial charge in [0.05, 0.1) is 12.2 Å². The van der Waals surface area contributed by atoms with E-state index in [4.69, 9.17) is 9.47 Å². The van der Waals surface area contributed by atoms with Crippen LogP contribution in [0.3, 0.4) is 0 Å². The summed E-state index contributed by atoms with van der Waals surface area (Å²) in [6.07, 6.45) is -3.62. The zero-order chi connectivity index (χ0) is 19.8. The van der Waals surface area contributed by atoms with Crippen LogP contribution in [0.5, 0.6) is 0 Å². The number of alkyl halides is 3. The number of ether oxygens (including phenoxy) is 2. The van der Waals surface area contributed by atoms with E-state index in [0.717, 1.165) is 12.1 Å². The highest BCUT2D eigenvalue weighted by molar-refractivity contribution is 5.98. The molecular weight excluding hydrogens is 365 g/mol. The number of Topliss-reactive ketones (excluding diaryl/α,β-unsaturated/α-hetero) is 1. The molecule has 0 amide bonds. The van der Waals surface area contributed by atoms with Gasteiger partial charge in [-0.25, -0.2) is 4.79 Å². The highest BCUT2D eigenvalue weighted by Crippen LogP contribution is 2.45. The summed E-state index contributed by atoms with van der Waals surface area (Å²) in [6, 6.07) is 4.36. The number of rotatable bonds is 3. The molecule has 1 unspecified atom stereocenters. The summed E-state index contributed by atoms with van der Waals surface area (Å²) in [4.78, 5) is 24.6. The molecule has 8 heteroatoms. The van der Waals surface area contributed by atoms with E-state index in [2.05, 4.69) is 0 Å². The molecule has 2 atom stereocenters. The zero-order valence-corrected chi connectivity index (χ0v) is 14.6. The summed E-state index contributed by atoms with van der Waals surface area (Å²) in [5.41, 5.74) is -0.102. The second kappa shape index (κ2) is 6.99. The Morgan fingerprint density at radius 2 is 1.96 bits per heavy atom. The van der Waals surface area contributed by atoms with Gasteiger partial charge in [0.1, 0.15) is 5.76 Å². The topological polar surface area (TPSA) is 72.8 Å². The second-order valence-electron chi connectivity index (χ2n) is 6.60. The third-order valence-corrected chi connectivity index (χ3v) is 4.76. The molecular formula is C19H19F3O5. The Balaban J connectivity index is 2.02. The molecule has 0 saturated heterocycles. The number of hydrogen-bond donors (Lipinski definition) is 1. The van der Waals surface area contributed by atoms with Gasteiger partial charge >= 0.3 is 17.9 Å². The average Bonchev–Trinajstić information content (AvgIpc) is 2.60. The molecule has 0 bridgehead atoms. The highest BCUT2D eigenvalue weighted by Gasteiger charge is 2.50. The fraction of sp³-hybridized carbons (Fsp3) is 0.474. The number of aliphatic hydroxyl groups is 1. The summed E-state index contributed by atoms with van der Waals surface area (Å²) in [5.74, 6) is -3.99. The average molecular weight is 384 g/mol. The van der Waals surface area contributed by atoms with Gasteiger partial charge in [-0.1, -0.05) is 12.1 Å². The lowest BCUT2D eigenvalue weighted by Crippen LogP contribution is -2.48. The number of hydrogen-bond acceptors (Lipinski definition) is 5. The quantitative estimate of drug-likeness (QED) is 0.808. The predicted molar refractivity (Wildman–Crippen MR) is 87.4 cm³/mol. The van der Waals surface area contributed by atoms with Gasteiger partial charge in [-0.2, -0.15) is 13.2 Å². The summed E-state index contributed by atoms with van der Waals surface area (Å²) in [6.45, 7) is 1.60. The van der Waals surface area contributed by atoms with E-state index < -0.39 is 29.4 Å². The van der Waals surface area contributed by atoms with Crippen LogP contribution in [0.2, 0.25) is 0 Å². The van der Waals surface area contributed by atoms with E-state index in [0.29, 0.717) is 24.0 Å². The molecule has 0 radical (unpaired) electrons. The van der Waals surface area contributed by atoms with Crippen LogP contribution in [0.15, 0.2) is 35.6 Å². The van der Waals surface area contributed by atoms with Crippen molar-refractivity contribution in [2.24, 2.45) is 0 Å². The number of carbonyl (C=O) groups excluding carboxylic acids is 2. The third-order valence-electron chi connectivity index (χ3n) is 4.76. The molecule has 1 aliphatic heterocycles. The Hall–Kier alpha value is -2.35. The van der Waals surface area contributed by atoms with Crippen LogP contribution in [0, 0.1) is 0 Å². The van der Waals surface area contributed by atoms with Gasteiger partial charge in [0, 0.05) is 30.8 Å². The third kappa shape index (κ3) is 3.71. The van der Waals surface area contributed by atoms with E-state index in [1.54, 1.807) is 6.92 Å². The van der Waals surface area contributed by atoms with E-state index in [-0.39, 0.29) is 31.0 Å². The second-order valence-corrected chi connectivity index (χ2v) is 6.60. The largest absolute Gasteiger partial charge is 0.461 e. The van der Waals surface area contributed by atoms with Crippen molar-refractivity contribution in [3.8, 4) is 0 Å². The van der Waals surface area contributed by atoms with Crippen molar-refractivity contribution < 1.29 is 37.3 Å². The SMILES string of the molecule is CCOC(=O)C1(O)C[C@@H](c2ccc(C(F)(F)F)cc2)C2=C(CCCC2=O)O1. The molecule has 2 aliphatic rings. The van der Waals surface area contributed by atoms with Crippen LogP contribution >= 0.6 is 0 Å². The van der Waals surface area contributed by atoms with E-state index >= 15 is 0 Å². The van der Waals surface area contributed by atoms with Gasteiger partial charge in [-0.15, -0.1) is 0 Å². The number of allylic oxidation sites excluding steroid dienone is 2. The first-order chi connectivity index (χ1) is 12.7. The van der Waals surface area contributed by atoms with Crippen LogP contribution in [-0.4, -0.2) is 29.3 Å². The van der Waals surface area contributed by atoms with Gasteiger partial charge in [-0.3, -0.25) is 4.79 Å². The van der Waals surface area contributed by atoms with Crippen molar-refractivity contribution in [2.75, 3.05) is 6.61 Å². The van der Waals surface area contributed by atoms with Gasteiger partial charge in [0.2, 0.25) is 0 Å². The van der Waals surface area contributed by atoms with Crippen molar-refractivity contribution in [3.05, 3.63) is 46.7 Å². The van der Waals surface area contributed by atoms with E-state index in [1.807, 2.05) is 0 Å². The van der Waals surface area contributed by atoms with E-state index in [1.165, 1.54) is 12.1 Å². The molecule has 5 nitrogen and oxygen atoms in total. The first kappa shape index (κ1) is 19.4. The number of carbonyl (C=O) groups is 2. The Bertz CT molecular complexity index is 782. The van der Waals surface area contributed by atoms with Gasteiger partial charge in [0.15, 0.2) is 5.78 Å². The molecule has 146 valence electrons. The first-order valence-electron chi connectivity index (χ1n) is 8.67. The molecule has 0 spiro atoms. The molecule has 3 rings (SSSR count). The minimum atomic E-state index is -4.48. The van der Waals surface area contributed by atoms with Crippen LogP contribution in [-0.2, 0) is 25.2 Å². The molecule has 1 aromatic carbocycles. The maximum atomic E-state index is 12.8. The number of ketones is 1. The summed E-state index contributed by atoms with van der Waals surface area (Å²) >= 11 is 0. The molecule has 27 heavy (non-hydrogen) atoms. The Morgan fingerprint density at radius 3 is 2.56 bits per heavy atom. The Labute approximate surface area is 153 Å². The van der Waals surface area contributed by atoms with Crippen molar-refractivity contribution >= 4 is 11.8 Å². The first-order valence-corrected chi connectivity index (χ1v) is 8.67. The van der Waals surface area contributed by atoms with Gasteiger partial charge in [-0.05, 0) is 31.0 Å². The Morgan fingerprint density at radius 1 is 1.30 bits per heavy atom. The minimum Gasteiger partial charge on any atom is -0.461 e. The van der Waals surface area contributed by atoms with Crippen LogP contribution < -0.4 is 0 Å². The molecule has 0 saturated carbocycles. The number of esters is 1. The van der Waals surface area contributed by atoms with E-state index in [9.17, 15) is 27.9 Å². The fourth-order valence-corrected chi connectivity index (χ4v) is 3.51. The maximum absolute atomic E-state index is 12.8. The lowest BCUT2D eigenvalue weighted by Gasteiger charge is -2.39. The molecule has 1 heterocycles. The standard InChI is InChI=1S/C19H19F3O5/c1-2-26-17(24)18(25)10-13(16-14(23)4-3-5-15(16)27-18)11-6-8-12(9-7-11)19(20,21)22/h6-9,13,25H,2-5,10H2,1H3/t13-,18?/m0/s1. The van der Waals surface area contributed by atoms with Crippen molar-refractivity contribution in [2.45, 2.75) is 50.5 Å². The lowest BCUT2D eigenvalue weighted by molar-refractivity contribution is -0.224. The monoisotopic (exact) mass is 384 g/mol. The molecule has 0 fully saturated rings. The van der Waals surface area contributed by atoms with Crippen LogP contribution in [0.1, 0.15) is 49.7 Å². The summed E-state index contributed by atoms with van der Waals surface area (Å²) in [7, 11) is 0. The molecule has 1 aromatic rings. The van der Waals surface area contributed by atoms with Crippen LogP contribution in [0.25, 0.3) is 0 Å². The minimum absolute atomic E-state index is 0.0281. The van der Waals surface area contributed by atoms with Crippen molar-refractivity contribution in [1.82, 2.24) is 0 Å². The Kier molecular flexibility index (Phi) is 5.03. The predicted octanol–water partition coefficient (Wildman–Crippen LogP) is 3.47. The summed E-state index contributed by atoms with van der Waals surface area (Å²) in [5, 5.41) is 10.7. The molecule has 1 N–H and O–H groups in total. The number of halogens is 3. The van der Waals surface area contributed by atoms with Gasteiger partial charge in [0.25, 0.3) is 0 Å². The van der Waals surface area contributed by atoms with Gasteiger partial charge < -0.3 is 14.6 Å². The number of benzene rings is 1. The molecule has 0 aromatic heterocycles. The van der Waals surface area contributed by atoms with Crippen molar-refractivity contribution in [3.63, 3.8) is 0 Å². The lowest BCUT2D eigenvalue weighted by atomic mass is 9.77. The van der Waals surface area contributed by atoms with Crippen LogP contribution in [0.4, 0.5) is 13.2 Å².